The summed E-state index contributed by atoms with van der Waals surface area (Å²) >= 11 is 5.30. The summed E-state index contributed by atoms with van der Waals surface area (Å²) in [6, 6.07) is 16.4. The molecule has 0 fully saturated rings. The van der Waals surface area contributed by atoms with Gasteiger partial charge in [0.15, 0.2) is 0 Å². The summed E-state index contributed by atoms with van der Waals surface area (Å²) in [6.07, 6.45) is 2.36. The van der Waals surface area contributed by atoms with Gasteiger partial charge in [0.2, 0.25) is 6.23 Å². The molecule has 0 bridgehead atoms. The molecule has 4 nitrogen and oxygen atoms in total. The molecule has 2 aliphatic rings. The van der Waals surface area contributed by atoms with E-state index in [4.69, 9.17) is 9.84 Å². The Morgan fingerprint density at radius 1 is 1.16 bits per heavy atom. The second-order valence-corrected chi connectivity index (χ2v) is 7.89. The molecule has 25 heavy (non-hydrogen) atoms. The molecule has 2 atom stereocenters. The largest absolute Gasteiger partial charge is 0.463 e. The minimum atomic E-state index is -0.308. The number of rotatable bonds is 2. The van der Waals surface area contributed by atoms with E-state index < -0.39 is 0 Å². The predicted octanol–water partition coefficient (Wildman–Crippen LogP) is 5.15. The molecular weight excluding hydrogens is 398 g/mol. The van der Waals surface area contributed by atoms with E-state index in [-0.39, 0.29) is 12.3 Å². The van der Waals surface area contributed by atoms with Crippen LogP contribution in [-0.4, -0.2) is 15.7 Å². The fourth-order valence-electron chi connectivity index (χ4n) is 3.37. The number of hydrazone groups is 1. The molecule has 0 saturated heterocycles. The van der Waals surface area contributed by atoms with Gasteiger partial charge < -0.3 is 4.74 Å². The van der Waals surface area contributed by atoms with Crippen molar-refractivity contribution in [2.24, 2.45) is 5.10 Å². The molecule has 2 aliphatic heterocycles. The molecule has 5 rings (SSSR count). The molecule has 124 valence electrons. The Bertz CT molecular complexity index is 943. The van der Waals surface area contributed by atoms with Crippen molar-refractivity contribution in [2.75, 3.05) is 0 Å². The van der Waals surface area contributed by atoms with E-state index in [1.807, 2.05) is 30.3 Å². The number of benzene rings is 1. The smallest absolute Gasteiger partial charge is 0.230 e. The lowest BCUT2D eigenvalue weighted by atomic mass is 9.98. The van der Waals surface area contributed by atoms with Crippen molar-refractivity contribution in [3.63, 3.8) is 0 Å². The average molecular weight is 412 g/mol. The Morgan fingerprint density at radius 3 is 2.92 bits per heavy atom. The van der Waals surface area contributed by atoms with Gasteiger partial charge in [0.1, 0.15) is 11.4 Å². The first-order valence-electron chi connectivity index (χ1n) is 8.06. The minimum absolute atomic E-state index is 0.158. The second kappa shape index (κ2) is 5.97. The molecule has 4 heterocycles. The van der Waals surface area contributed by atoms with Gasteiger partial charge in [0.05, 0.1) is 16.6 Å². The fraction of sp³-hybridized carbons (Fsp3) is 0.158. The van der Waals surface area contributed by atoms with Crippen LogP contribution in [-0.2, 0) is 0 Å². The summed E-state index contributed by atoms with van der Waals surface area (Å²) in [5, 5.41) is 9.07. The number of ether oxygens (including phenoxy) is 1. The van der Waals surface area contributed by atoms with Gasteiger partial charge in [-0.15, -0.1) is 11.3 Å². The SMILES string of the molecule is Brc1ccc2c(c1)[C@@H]1CC(c3cccs3)=NN1[C@@H](c1ccccn1)O2. The van der Waals surface area contributed by atoms with Gasteiger partial charge in [0, 0.05) is 22.7 Å². The molecule has 0 saturated carbocycles. The topological polar surface area (TPSA) is 37.7 Å². The van der Waals surface area contributed by atoms with Crippen molar-refractivity contribution in [3.05, 3.63) is 80.7 Å². The zero-order valence-electron chi connectivity index (χ0n) is 13.2. The Morgan fingerprint density at radius 2 is 2.12 bits per heavy atom. The number of fused-ring (bicyclic) bond motifs is 3. The third-order valence-electron chi connectivity index (χ3n) is 4.50. The monoisotopic (exact) mass is 411 g/mol. The van der Waals surface area contributed by atoms with Crippen LogP contribution >= 0.6 is 27.3 Å². The molecule has 0 radical (unpaired) electrons. The van der Waals surface area contributed by atoms with Crippen molar-refractivity contribution in [2.45, 2.75) is 18.7 Å². The van der Waals surface area contributed by atoms with Crippen LogP contribution in [0.2, 0.25) is 0 Å². The Kier molecular flexibility index (Phi) is 3.60. The molecule has 6 heteroatoms. The highest BCUT2D eigenvalue weighted by Gasteiger charge is 2.41. The van der Waals surface area contributed by atoms with Gasteiger partial charge in [-0.05, 0) is 41.8 Å². The lowest BCUT2D eigenvalue weighted by Gasteiger charge is -2.37. The van der Waals surface area contributed by atoms with Crippen LogP contribution in [0.5, 0.6) is 5.75 Å². The summed E-state index contributed by atoms with van der Waals surface area (Å²) in [4.78, 5) is 5.71. The zero-order valence-corrected chi connectivity index (χ0v) is 15.6. The summed E-state index contributed by atoms with van der Waals surface area (Å²) in [7, 11) is 0. The molecule has 3 aromatic rings. The first-order chi connectivity index (χ1) is 12.3. The van der Waals surface area contributed by atoms with E-state index in [0.717, 1.165) is 33.6 Å². The Balaban J connectivity index is 1.62. The summed E-state index contributed by atoms with van der Waals surface area (Å²) in [5.74, 6) is 0.905. The third-order valence-corrected chi connectivity index (χ3v) is 5.91. The van der Waals surface area contributed by atoms with E-state index >= 15 is 0 Å². The van der Waals surface area contributed by atoms with Crippen molar-refractivity contribution in [3.8, 4) is 5.75 Å². The van der Waals surface area contributed by atoms with Crippen LogP contribution in [0.4, 0.5) is 0 Å². The molecular formula is C19H14BrN3OS. The molecule has 0 spiro atoms. The lowest BCUT2D eigenvalue weighted by Crippen LogP contribution is -2.34. The number of halogens is 1. The van der Waals surface area contributed by atoms with Gasteiger partial charge in [-0.2, -0.15) is 5.10 Å². The third kappa shape index (κ3) is 2.56. The average Bonchev–Trinajstić information content (AvgIpc) is 3.31. The maximum absolute atomic E-state index is 6.29. The predicted molar refractivity (Wildman–Crippen MR) is 102 cm³/mol. The highest BCUT2D eigenvalue weighted by Crippen LogP contribution is 2.48. The maximum atomic E-state index is 6.29. The van der Waals surface area contributed by atoms with Gasteiger partial charge in [-0.1, -0.05) is 28.1 Å². The summed E-state index contributed by atoms with van der Waals surface area (Å²) in [5.41, 5.74) is 3.14. The van der Waals surface area contributed by atoms with Crippen molar-refractivity contribution in [1.29, 1.82) is 0 Å². The van der Waals surface area contributed by atoms with Gasteiger partial charge in [-0.25, -0.2) is 5.01 Å². The number of aromatic nitrogens is 1. The normalized spacial score (nSPS) is 21.3. The highest BCUT2D eigenvalue weighted by atomic mass is 79.9. The summed E-state index contributed by atoms with van der Waals surface area (Å²) < 4.78 is 7.34. The van der Waals surface area contributed by atoms with Crippen molar-refractivity contribution in [1.82, 2.24) is 9.99 Å². The molecule has 0 N–H and O–H groups in total. The zero-order chi connectivity index (χ0) is 16.8. The summed E-state index contributed by atoms with van der Waals surface area (Å²) in [6.45, 7) is 0. The van der Waals surface area contributed by atoms with Crippen LogP contribution in [0.25, 0.3) is 0 Å². The standard InChI is InChI=1S/C19H14BrN3OS/c20-12-6-7-17-13(10-12)16-11-15(18-5-3-9-25-18)22-23(16)19(24-17)14-4-1-2-8-21-14/h1-10,16,19H,11H2/t16-,19+/m0/s1. The van der Waals surface area contributed by atoms with Gasteiger partial charge in [-0.3, -0.25) is 4.98 Å². The number of pyridine rings is 1. The molecule has 1 aromatic carbocycles. The van der Waals surface area contributed by atoms with E-state index in [1.165, 1.54) is 4.88 Å². The maximum Gasteiger partial charge on any atom is 0.230 e. The number of hydrogen-bond acceptors (Lipinski definition) is 5. The van der Waals surface area contributed by atoms with Gasteiger partial charge >= 0.3 is 0 Å². The van der Waals surface area contributed by atoms with Crippen LogP contribution in [0, 0.1) is 0 Å². The van der Waals surface area contributed by atoms with E-state index in [1.54, 1.807) is 17.5 Å². The minimum Gasteiger partial charge on any atom is -0.463 e. The van der Waals surface area contributed by atoms with Crippen LogP contribution in [0.1, 0.15) is 34.8 Å². The highest BCUT2D eigenvalue weighted by molar-refractivity contribution is 9.10. The molecule has 2 aromatic heterocycles. The first-order valence-corrected chi connectivity index (χ1v) is 9.73. The van der Waals surface area contributed by atoms with Crippen molar-refractivity contribution < 1.29 is 4.74 Å². The Hall–Kier alpha value is -2.18. The van der Waals surface area contributed by atoms with Crippen LogP contribution in [0.15, 0.2) is 69.7 Å². The van der Waals surface area contributed by atoms with Gasteiger partial charge in [0.25, 0.3) is 0 Å². The number of hydrogen-bond donors (Lipinski definition) is 0. The van der Waals surface area contributed by atoms with E-state index in [2.05, 4.69) is 49.5 Å². The number of thiophene rings is 1. The van der Waals surface area contributed by atoms with E-state index in [0.29, 0.717) is 0 Å². The van der Waals surface area contributed by atoms with Crippen LogP contribution in [0.3, 0.4) is 0 Å². The second-order valence-electron chi connectivity index (χ2n) is 6.03. The number of nitrogens with zero attached hydrogens (tertiary/aromatic N) is 3. The molecule has 0 aliphatic carbocycles. The van der Waals surface area contributed by atoms with Crippen LogP contribution < -0.4 is 4.74 Å². The molecule has 0 unspecified atom stereocenters. The molecule has 0 amide bonds. The fourth-order valence-corrected chi connectivity index (χ4v) is 4.47. The first kappa shape index (κ1) is 15.1. The van der Waals surface area contributed by atoms with E-state index in [9.17, 15) is 0 Å². The van der Waals surface area contributed by atoms with Crippen molar-refractivity contribution >= 4 is 33.0 Å². The quantitative estimate of drug-likeness (QED) is 0.585. The Labute approximate surface area is 157 Å². The lowest BCUT2D eigenvalue weighted by molar-refractivity contribution is -0.0218.